The third kappa shape index (κ3) is 5.97. The van der Waals surface area contributed by atoms with Gasteiger partial charge in [-0.2, -0.15) is 0 Å². The molecule has 4 nitrogen and oxygen atoms in total. The molecule has 0 amide bonds. The standard InChI is InChI=1S/C6H17N3O/c1-8(2)4-6(10)5-9(3)7/h6,10H,4-5,7H2,1-3H3. The van der Waals surface area contributed by atoms with Gasteiger partial charge in [0.25, 0.3) is 0 Å². The van der Waals surface area contributed by atoms with Crippen molar-refractivity contribution in [2.45, 2.75) is 6.10 Å². The monoisotopic (exact) mass is 147 g/mol. The van der Waals surface area contributed by atoms with Crippen LogP contribution in [0.5, 0.6) is 0 Å². The van der Waals surface area contributed by atoms with Crippen molar-refractivity contribution in [3.05, 3.63) is 0 Å². The lowest BCUT2D eigenvalue weighted by molar-refractivity contribution is 0.0991. The predicted molar refractivity (Wildman–Crippen MR) is 41.4 cm³/mol. The first kappa shape index (κ1) is 9.84. The average molecular weight is 147 g/mol. The van der Waals surface area contributed by atoms with Crippen molar-refractivity contribution in [1.29, 1.82) is 0 Å². The van der Waals surface area contributed by atoms with Crippen molar-refractivity contribution in [1.82, 2.24) is 9.91 Å². The topological polar surface area (TPSA) is 52.7 Å². The summed E-state index contributed by atoms with van der Waals surface area (Å²) < 4.78 is 0. The molecule has 0 aliphatic carbocycles. The minimum absolute atomic E-state index is 0.356. The van der Waals surface area contributed by atoms with E-state index in [4.69, 9.17) is 5.84 Å². The van der Waals surface area contributed by atoms with E-state index in [0.29, 0.717) is 13.1 Å². The fraction of sp³-hybridized carbons (Fsp3) is 1.00. The van der Waals surface area contributed by atoms with Gasteiger partial charge in [-0.1, -0.05) is 0 Å². The molecule has 0 aliphatic heterocycles. The minimum Gasteiger partial charge on any atom is -0.390 e. The second-order valence-corrected chi connectivity index (χ2v) is 2.86. The molecule has 0 aromatic heterocycles. The van der Waals surface area contributed by atoms with E-state index in [0.717, 1.165) is 0 Å². The molecule has 0 radical (unpaired) electrons. The van der Waals surface area contributed by atoms with Crippen LogP contribution in [-0.4, -0.2) is 55.4 Å². The van der Waals surface area contributed by atoms with Crippen LogP contribution in [0.1, 0.15) is 0 Å². The first-order chi connectivity index (χ1) is 4.52. The maximum atomic E-state index is 9.23. The number of nitrogens with zero attached hydrogens (tertiary/aromatic N) is 2. The molecular weight excluding hydrogens is 130 g/mol. The lowest BCUT2D eigenvalue weighted by atomic mass is 10.3. The fourth-order valence-corrected chi connectivity index (χ4v) is 0.812. The highest BCUT2D eigenvalue weighted by Gasteiger charge is 2.05. The molecule has 1 unspecified atom stereocenters. The van der Waals surface area contributed by atoms with Crippen LogP contribution in [0, 0.1) is 0 Å². The Morgan fingerprint density at radius 3 is 2.10 bits per heavy atom. The molecule has 0 heterocycles. The molecule has 62 valence electrons. The molecule has 3 N–H and O–H groups in total. The van der Waals surface area contributed by atoms with Crippen molar-refractivity contribution in [3.63, 3.8) is 0 Å². The third-order valence-electron chi connectivity index (χ3n) is 1.07. The Hall–Kier alpha value is -0.160. The van der Waals surface area contributed by atoms with Gasteiger partial charge < -0.3 is 10.0 Å². The summed E-state index contributed by atoms with van der Waals surface area (Å²) in [6, 6.07) is 0. The van der Waals surface area contributed by atoms with Crippen molar-refractivity contribution in [2.24, 2.45) is 5.84 Å². The highest BCUT2D eigenvalue weighted by Crippen LogP contribution is 1.86. The van der Waals surface area contributed by atoms with Crippen LogP contribution in [0.4, 0.5) is 0 Å². The highest BCUT2D eigenvalue weighted by atomic mass is 16.3. The molecule has 0 aromatic carbocycles. The van der Waals surface area contributed by atoms with Crippen LogP contribution in [0.2, 0.25) is 0 Å². The molecule has 0 aliphatic rings. The van der Waals surface area contributed by atoms with Gasteiger partial charge in [-0.25, -0.2) is 5.01 Å². The van der Waals surface area contributed by atoms with Crippen molar-refractivity contribution in [3.8, 4) is 0 Å². The van der Waals surface area contributed by atoms with Crippen LogP contribution < -0.4 is 5.84 Å². The summed E-state index contributed by atoms with van der Waals surface area (Å²) in [5.74, 6) is 5.32. The first-order valence-electron chi connectivity index (χ1n) is 3.31. The molecule has 0 saturated heterocycles. The van der Waals surface area contributed by atoms with Crippen molar-refractivity contribution in [2.75, 3.05) is 34.2 Å². The quantitative estimate of drug-likeness (QED) is 0.384. The summed E-state index contributed by atoms with van der Waals surface area (Å²) in [6.07, 6.45) is -0.356. The number of hydrogen-bond acceptors (Lipinski definition) is 4. The molecular formula is C6H17N3O. The van der Waals surface area contributed by atoms with Gasteiger partial charge in [-0.05, 0) is 14.1 Å². The van der Waals surface area contributed by atoms with Gasteiger partial charge in [-0.3, -0.25) is 5.84 Å². The van der Waals surface area contributed by atoms with E-state index in [-0.39, 0.29) is 6.10 Å². The van der Waals surface area contributed by atoms with Gasteiger partial charge >= 0.3 is 0 Å². The molecule has 0 bridgehead atoms. The van der Waals surface area contributed by atoms with Crippen LogP contribution in [0.25, 0.3) is 0 Å². The smallest absolute Gasteiger partial charge is 0.0807 e. The number of aliphatic hydroxyl groups is 1. The van der Waals surface area contributed by atoms with E-state index in [1.807, 2.05) is 19.0 Å². The van der Waals surface area contributed by atoms with Gasteiger partial charge in [0.2, 0.25) is 0 Å². The number of hydrazine groups is 1. The Balaban J connectivity index is 3.34. The summed E-state index contributed by atoms with van der Waals surface area (Å²) in [7, 11) is 5.57. The van der Waals surface area contributed by atoms with E-state index in [2.05, 4.69) is 0 Å². The fourth-order valence-electron chi connectivity index (χ4n) is 0.812. The Labute approximate surface area is 62.2 Å². The zero-order chi connectivity index (χ0) is 8.15. The number of hydrogen-bond donors (Lipinski definition) is 2. The summed E-state index contributed by atoms with van der Waals surface area (Å²) >= 11 is 0. The number of aliphatic hydroxyl groups excluding tert-OH is 1. The molecule has 4 heteroatoms. The second-order valence-electron chi connectivity index (χ2n) is 2.86. The molecule has 10 heavy (non-hydrogen) atoms. The zero-order valence-corrected chi connectivity index (χ0v) is 6.91. The molecule has 0 rings (SSSR count). The maximum Gasteiger partial charge on any atom is 0.0807 e. The first-order valence-corrected chi connectivity index (χ1v) is 3.31. The van der Waals surface area contributed by atoms with Crippen molar-refractivity contribution < 1.29 is 5.11 Å². The van der Waals surface area contributed by atoms with E-state index in [9.17, 15) is 5.11 Å². The summed E-state index contributed by atoms with van der Waals surface area (Å²) in [5, 5.41) is 10.7. The summed E-state index contributed by atoms with van der Waals surface area (Å²) in [5.41, 5.74) is 0. The average Bonchev–Trinajstić information content (AvgIpc) is 1.58. The number of nitrogens with two attached hydrogens (primary N) is 1. The van der Waals surface area contributed by atoms with Crippen molar-refractivity contribution >= 4 is 0 Å². The van der Waals surface area contributed by atoms with E-state index < -0.39 is 0 Å². The van der Waals surface area contributed by atoms with E-state index >= 15 is 0 Å². The Morgan fingerprint density at radius 1 is 1.30 bits per heavy atom. The van der Waals surface area contributed by atoms with Gasteiger partial charge in [0.05, 0.1) is 6.10 Å². The summed E-state index contributed by atoms with van der Waals surface area (Å²) in [4.78, 5) is 1.92. The Bertz CT molecular complexity index is 75.1. The highest BCUT2D eigenvalue weighted by molar-refractivity contribution is 4.59. The lowest BCUT2D eigenvalue weighted by Crippen LogP contribution is -2.39. The van der Waals surface area contributed by atoms with Crippen LogP contribution in [-0.2, 0) is 0 Å². The molecule has 0 aromatic rings. The normalized spacial score (nSPS) is 14.7. The van der Waals surface area contributed by atoms with E-state index in [1.165, 1.54) is 5.01 Å². The SMILES string of the molecule is CN(C)CC(O)CN(C)N. The van der Waals surface area contributed by atoms with Crippen LogP contribution in [0.15, 0.2) is 0 Å². The van der Waals surface area contributed by atoms with E-state index in [1.54, 1.807) is 7.05 Å². The van der Waals surface area contributed by atoms with Gasteiger partial charge in [0.1, 0.15) is 0 Å². The lowest BCUT2D eigenvalue weighted by Gasteiger charge is -2.18. The maximum absolute atomic E-state index is 9.23. The van der Waals surface area contributed by atoms with Gasteiger partial charge in [-0.15, -0.1) is 0 Å². The second kappa shape index (κ2) is 4.62. The van der Waals surface area contributed by atoms with Gasteiger partial charge in [0.15, 0.2) is 0 Å². The molecule has 0 saturated carbocycles. The third-order valence-corrected chi connectivity index (χ3v) is 1.07. The van der Waals surface area contributed by atoms with Crippen LogP contribution in [0.3, 0.4) is 0 Å². The molecule has 0 fully saturated rings. The summed E-state index contributed by atoms with van der Waals surface area (Å²) in [6.45, 7) is 1.17. The predicted octanol–water partition coefficient (Wildman–Crippen LogP) is -1.29. The minimum atomic E-state index is -0.356. The number of likely N-dealkylation sites (N-methyl/N-ethyl adjacent to an activating group) is 2. The molecule has 1 atom stereocenters. The Kier molecular flexibility index (Phi) is 4.55. The Morgan fingerprint density at radius 2 is 1.80 bits per heavy atom. The molecule has 0 spiro atoms. The largest absolute Gasteiger partial charge is 0.390 e. The zero-order valence-electron chi connectivity index (χ0n) is 6.91. The van der Waals surface area contributed by atoms with Gasteiger partial charge in [0, 0.05) is 20.1 Å². The van der Waals surface area contributed by atoms with Crippen LogP contribution >= 0.6 is 0 Å². The number of rotatable bonds is 4.